The normalized spacial score (nSPS) is 9.52. The Kier molecular flexibility index (Phi) is 7.88. The van der Waals surface area contributed by atoms with E-state index in [0.717, 1.165) is 0 Å². The molecule has 0 atom stereocenters. The van der Waals surface area contributed by atoms with Crippen molar-refractivity contribution < 1.29 is 14.3 Å². The Labute approximate surface area is 135 Å². The third-order valence-electron chi connectivity index (χ3n) is 3.20. The molecule has 1 aromatic rings. The van der Waals surface area contributed by atoms with E-state index in [-0.39, 0.29) is 44.2 Å². The van der Waals surface area contributed by atoms with Gasteiger partial charge in [-0.3, -0.25) is 9.59 Å². The van der Waals surface area contributed by atoms with Crippen molar-refractivity contribution in [3.63, 3.8) is 0 Å². The number of hydrogen-bond donors (Lipinski definition) is 0. The van der Waals surface area contributed by atoms with Crippen LogP contribution in [0, 0.1) is 22.7 Å². The van der Waals surface area contributed by atoms with E-state index >= 15 is 0 Å². The van der Waals surface area contributed by atoms with Crippen LogP contribution in [-0.4, -0.2) is 36.3 Å². The van der Waals surface area contributed by atoms with E-state index in [2.05, 4.69) is 0 Å². The molecule has 0 radical (unpaired) electrons. The molecule has 0 N–H and O–H groups in total. The molecule has 0 heterocycles. The van der Waals surface area contributed by atoms with Crippen molar-refractivity contribution in [3.8, 4) is 17.9 Å². The van der Waals surface area contributed by atoms with Crippen molar-refractivity contribution in [1.82, 2.24) is 4.90 Å². The third kappa shape index (κ3) is 6.19. The number of nitrogens with zero attached hydrogens (tertiary/aromatic N) is 3. The fourth-order valence-electron chi connectivity index (χ4n) is 1.91. The fourth-order valence-corrected chi connectivity index (χ4v) is 1.91. The van der Waals surface area contributed by atoms with Crippen molar-refractivity contribution in [1.29, 1.82) is 10.5 Å². The number of carbonyl (C=O) groups is 2. The van der Waals surface area contributed by atoms with Crippen LogP contribution in [0.4, 0.5) is 0 Å². The topological polar surface area (TPSA) is 94.2 Å². The summed E-state index contributed by atoms with van der Waals surface area (Å²) in [7, 11) is 0. The Hall–Kier alpha value is -2.86. The van der Waals surface area contributed by atoms with Crippen molar-refractivity contribution >= 4 is 11.7 Å². The van der Waals surface area contributed by atoms with Gasteiger partial charge in [0.15, 0.2) is 12.4 Å². The maximum atomic E-state index is 12.1. The van der Waals surface area contributed by atoms with Gasteiger partial charge in [0.25, 0.3) is 5.91 Å². The summed E-state index contributed by atoms with van der Waals surface area (Å²) in [4.78, 5) is 25.1. The minimum Gasteiger partial charge on any atom is -0.484 e. The number of rotatable bonds is 9. The van der Waals surface area contributed by atoms with E-state index in [1.807, 2.05) is 12.1 Å². The molecular formula is C17H19N3O3. The molecular weight excluding hydrogens is 294 g/mol. The molecule has 1 amide bonds. The van der Waals surface area contributed by atoms with Crippen molar-refractivity contribution in [2.45, 2.75) is 26.2 Å². The Morgan fingerprint density at radius 2 is 1.65 bits per heavy atom. The first-order chi connectivity index (χ1) is 11.1. The van der Waals surface area contributed by atoms with Crippen LogP contribution in [0.25, 0.3) is 0 Å². The highest BCUT2D eigenvalue weighted by molar-refractivity contribution is 5.95. The van der Waals surface area contributed by atoms with E-state index in [4.69, 9.17) is 15.3 Å². The highest BCUT2D eigenvalue weighted by atomic mass is 16.5. The molecule has 0 aliphatic heterocycles. The second-order valence-electron chi connectivity index (χ2n) is 4.79. The van der Waals surface area contributed by atoms with Gasteiger partial charge < -0.3 is 9.64 Å². The summed E-state index contributed by atoms with van der Waals surface area (Å²) in [5.74, 6) is 0.266. The summed E-state index contributed by atoms with van der Waals surface area (Å²) < 4.78 is 5.41. The quantitative estimate of drug-likeness (QED) is 0.652. The Balaban J connectivity index is 2.57. The smallest absolute Gasteiger partial charge is 0.260 e. The molecule has 0 bridgehead atoms. The van der Waals surface area contributed by atoms with Crippen LogP contribution in [0.15, 0.2) is 24.3 Å². The van der Waals surface area contributed by atoms with Crippen LogP contribution in [0.3, 0.4) is 0 Å². The molecule has 6 heteroatoms. The van der Waals surface area contributed by atoms with Crippen LogP contribution in [0.1, 0.15) is 36.5 Å². The van der Waals surface area contributed by atoms with Gasteiger partial charge in [-0.2, -0.15) is 10.5 Å². The van der Waals surface area contributed by atoms with Crippen LogP contribution < -0.4 is 4.74 Å². The zero-order valence-corrected chi connectivity index (χ0v) is 13.1. The Morgan fingerprint density at radius 3 is 2.13 bits per heavy atom. The summed E-state index contributed by atoms with van der Waals surface area (Å²) in [6, 6.07) is 10.6. The number of ketones is 1. The first kappa shape index (κ1) is 18.2. The number of carbonyl (C=O) groups excluding carboxylic acids is 2. The van der Waals surface area contributed by atoms with Crippen LogP contribution >= 0.6 is 0 Å². The first-order valence-electron chi connectivity index (χ1n) is 7.40. The van der Waals surface area contributed by atoms with Gasteiger partial charge in [0.05, 0.1) is 25.0 Å². The van der Waals surface area contributed by atoms with Crippen LogP contribution in [0.5, 0.6) is 5.75 Å². The first-order valence-corrected chi connectivity index (χ1v) is 7.40. The van der Waals surface area contributed by atoms with Gasteiger partial charge in [-0.15, -0.1) is 0 Å². The SMILES string of the molecule is CCC(=O)c1ccc(OCC(=O)N(CCC#N)CCC#N)cc1. The summed E-state index contributed by atoms with van der Waals surface area (Å²) >= 11 is 0. The van der Waals surface area contributed by atoms with Gasteiger partial charge in [0, 0.05) is 25.1 Å². The second kappa shape index (κ2) is 9.97. The molecule has 0 saturated carbocycles. The monoisotopic (exact) mass is 313 g/mol. The van der Waals surface area contributed by atoms with Gasteiger partial charge in [-0.05, 0) is 24.3 Å². The number of nitriles is 2. The van der Waals surface area contributed by atoms with E-state index in [9.17, 15) is 9.59 Å². The van der Waals surface area contributed by atoms with Gasteiger partial charge >= 0.3 is 0 Å². The van der Waals surface area contributed by atoms with E-state index < -0.39 is 0 Å². The second-order valence-corrected chi connectivity index (χ2v) is 4.79. The summed E-state index contributed by atoms with van der Waals surface area (Å²) in [6.07, 6.45) is 0.863. The molecule has 0 saturated heterocycles. The van der Waals surface area contributed by atoms with Crippen molar-refractivity contribution in [3.05, 3.63) is 29.8 Å². The van der Waals surface area contributed by atoms with Gasteiger partial charge in [0.2, 0.25) is 0 Å². The minimum atomic E-state index is -0.274. The zero-order valence-electron chi connectivity index (χ0n) is 13.1. The highest BCUT2D eigenvalue weighted by Gasteiger charge is 2.13. The molecule has 1 aromatic carbocycles. The predicted molar refractivity (Wildman–Crippen MR) is 83.6 cm³/mol. The lowest BCUT2D eigenvalue weighted by Gasteiger charge is -2.20. The lowest BCUT2D eigenvalue weighted by Crippen LogP contribution is -2.36. The molecule has 6 nitrogen and oxygen atoms in total. The van der Waals surface area contributed by atoms with E-state index in [1.165, 1.54) is 4.90 Å². The molecule has 0 spiro atoms. The Morgan fingerprint density at radius 1 is 1.09 bits per heavy atom. The molecule has 0 aromatic heterocycles. The molecule has 0 unspecified atom stereocenters. The van der Waals surface area contributed by atoms with Crippen LogP contribution in [-0.2, 0) is 4.79 Å². The number of benzene rings is 1. The number of amides is 1. The average molecular weight is 313 g/mol. The van der Waals surface area contributed by atoms with E-state index in [0.29, 0.717) is 17.7 Å². The molecule has 1 rings (SSSR count). The summed E-state index contributed by atoms with van der Waals surface area (Å²) in [5, 5.41) is 17.2. The largest absolute Gasteiger partial charge is 0.484 e. The van der Waals surface area contributed by atoms with Gasteiger partial charge in [0.1, 0.15) is 5.75 Å². The maximum absolute atomic E-state index is 12.1. The van der Waals surface area contributed by atoms with Gasteiger partial charge in [-0.1, -0.05) is 6.92 Å². The maximum Gasteiger partial charge on any atom is 0.260 e. The van der Waals surface area contributed by atoms with Gasteiger partial charge in [-0.25, -0.2) is 0 Å². The average Bonchev–Trinajstić information content (AvgIpc) is 2.59. The minimum absolute atomic E-state index is 0.0480. The molecule has 0 aliphatic carbocycles. The lowest BCUT2D eigenvalue weighted by molar-refractivity contribution is -0.133. The zero-order chi connectivity index (χ0) is 17.1. The van der Waals surface area contributed by atoms with Crippen molar-refractivity contribution in [2.75, 3.05) is 19.7 Å². The number of ether oxygens (including phenoxy) is 1. The van der Waals surface area contributed by atoms with E-state index in [1.54, 1.807) is 31.2 Å². The molecule has 23 heavy (non-hydrogen) atoms. The lowest BCUT2D eigenvalue weighted by atomic mass is 10.1. The predicted octanol–water partition coefficient (Wildman–Crippen LogP) is 2.31. The Bertz CT molecular complexity index is 593. The molecule has 0 fully saturated rings. The number of hydrogen-bond acceptors (Lipinski definition) is 5. The molecule has 120 valence electrons. The summed E-state index contributed by atoms with van der Waals surface area (Å²) in [5.41, 5.74) is 0.607. The highest BCUT2D eigenvalue weighted by Crippen LogP contribution is 2.13. The van der Waals surface area contributed by atoms with Crippen LogP contribution in [0.2, 0.25) is 0 Å². The van der Waals surface area contributed by atoms with Crippen molar-refractivity contribution in [2.24, 2.45) is 0 Å². The fraction of sp³-hybridized carbons (Fsp3) is 0.412. The summed E-state index contributed by atoms with van der Waals surface area (Å²) in [6.45, 7) is 2.19. The standard InChI is InChI=1S/C17H19N3O3/c1-2-16(21)14-5-7-15(8-6-14)23-13-17(22)20(11-3-9-18)12-4-10-19/h5-8H,2-4,11-13H2,1H3. The molecule has 0 aliphatic rings. The number of Topliss-reactive ketones (excluding diaryl/α,β-unsaturated/α-hetero) is 1. The third-order valence-corrected chi connectivity index (χ3v) is 3.20.